The molecule has 0 aromatic rings. The van der Waals surface area contributed by atoms with Crippen LogP contribution in [0.2, 0.25) is 12.1 Å². The fourth-order valence-electron chi connectivity index (χ4n) is 4.20. The van der Waals surface area contributed by atoms with Crippen molar-refractivity contribution in [2.75, 3.05) is 73.0 Å². The van der Waals surface area contributed by atoms with E-state index in [-0.39, 0.29) is 0 Å². The van der Waals surface area contributed by atoms with Gasteiger partial charge in [-0.1, -0.05) is 0 Å². The number of hydrogen-bond acceptors (Lipinski definition) is 9. The first-order valence-electron chi connectivity index (χ1n) is 13.6. The molecule has 10 nitrogen and oxygen atoms in total. The standard InChI is InChI=1S/C24H53NO9Si2/c1-8-29-35(30-9-2,31-10-3)20-14-17-25(22-23(24(26)27)16-19-28-7)18-15-21-36(32-11-4,33-12-5)34-13-6/h23H,8-22H2,1-7H3,(H,26,27). The molecular weight excluding hydrogens is 502 g/mol. The predicted octanol–water partition coefficient (Wildman–Crippen LogP) is 3.90. The summed E-state index contributed by atoms with van der Waals surface area (Å²) in [6.07, 6.45) is 2.04. The molecule has 1 N–H and O–H groups in total. The van der Waals surface area contributed by atoms with Crippen molar-refractivity contribution < 1.29 is 41.2 Å². The van der Waals surface area contributed by atoms with Crippen LogP contribution in [-0.2, 0) is 36.1 Å². The summed E-state index contributed by atoms with van der Waals surface area (Å²) < 4.78 is 41.1. The van der Waals surface area contributed by atoms with E-state index in [1.54, 1.807) is 7.11 Å². The highest BCUT2D eigenvalue weighted by Crippen LogP contribution is 2.21. The summed E-state index contributed by atoms with van der Waals surface area (Å²) >= 11 is 0. The van der Waals surface area contributed by atoms with E-state index in [4.69, 9.17) is 31.3 Å². The van der Waals surface area contributed by atoms with Crippen molar-refractivity contribution in [1.29, 1.82) is 0 Å². The van der Waals surface area contributed by atoms with Crippen molar-refractivity contribution in [2.24, 2.45) is 5.92 Å². The molecule has 216 valence electrons. The number of ether oxygens (including phenoxy) is 1. The molecule has 0 aliphatic rings. The molecule has 0 aromatic carbocycles. The first kappa shape index (κ1) is 35.6. The predicted molar refractivity (Wildman–Crippen MR) is 144 cm³/mol. The Morgan fingerprint density at radius 1 is 0.722 bits per heavy atom. The van der Waals surface area contributed by atoms with Crippen LogP contribution in [-0.4, -0.2) is 107 Å². The molecule has 0 aromatic heterocycles. The molecule has 0 heterocycles. The maximum Gasteiger partial charge on any atom is 0.500 e. The molecule has 0 bridgehead atoms. The molecule has 0 spiro atoms. The van der Waals surface area contributed by atoms with Crippen LogP contribution in [0.3, 0.4) is 0 Å². The topological polar surface area (TPSA) is 105 Å². The van der Waals surface area contributed by atoms with E-state index in [0.29, 0.717) is 84.4 Å². The summed E-state index contributed by atoms with van der Waals surface area (Å²) in [6, 6.07) is 1.37. The van der Waals surface area contributed by atoms with Crippen LogP contribution >= 0.6 is 0 Å². The van der Waals surface area contributed by atoms with Gasteiger partial charge in [0.25, 0.3) is 0 Å². The van der Waals surface area contributed by atoms with Crippen LogP contribution in [0.1, 0.15) is 60.8 Å². The number of carboxylic acid groups (broad SMARTS) is 1. The third-order valence-corrected chi connectivity index (χ3v) is 11.9. The lowest BCUT2D eigenvalue weighted by atomic mass is 10.1. The third-order valence-electron chi connectivity index (χ3n) is 5.60. The van der Waals surface area contributed by atoms with Crippen LogP contribution in [0.15, 0.2) is 0 Å². The van der Waals surface area contributed by atoms with Gasteiger partial charge in [0.1, 0.15) is 0 Å². The Kier molecular flexibility index (Phi) is 21.3. The number of carbonyl (C=O) groups is 1. The quantitative estimate of drug-likeness (QED) is 0.158. The average Bonchev–Trinajstić information content (AvgIpc) is 2.82. The first-order valence-corrected chi connectivity index (χ1v) is 17.4. The molecule has 0 fully saturated rings. The zero-order chi connectivity index (χ0) is 27.3. The molecule has 0 aliphatic carbocycles. The van der Waals surface area contributed by atoms with Crippen LogP contribution in [0.5, 0.6) is 0 Å². The van der Waals surface area contributed by atoms with Crippen LogP contribution < -0.4 is 0 Å². The van der Waals surface area contributed by atoms with Gasteiger partial charge in [0, 0.05) is 72.0 Å². The summed E-state index contributed by atoms with van der Waals surface area (Å²) in [5, 5.41) is 9.79. The largest absolute Gasteiger partial charge is 0.500 e. The van der Waals surface area contributed by atoms with Gasteiger partial charge in [0.15, 0.2) is 0 Å². The maximum absolute atomic E-state index is 11.9. The van der Waals surface area contributed by atoms with E-state index in [0.717, 1.165) is 12.8 Å². The summed E-state index contributed by atoms with van der Waals surface area (Å²) in [4.78, 5) is 14.1. The second-order valence-corrected chi connectivity index (χ2v) is 13.8. The molecule has 12 heteroatoms. The van der Waals surface area contributed by atoms with Gasteiger partial charge in [-0.25, -0.2) is 0 Å². The van der Waals surface area contributed by atoms with Crippen molar-refractivity contribution in [3.05, 3.63) is 0 Å². The Hall–Kier alpha value is -0.416. The van der Waals surface area contributed by atoms with Gasteiger partial charge in [-0.3, -0.25) is 4.79 Å². The van der Waals surface area contributed by atoms with E-state index in [2.05, 4.69) is 4.90 Å². The third kappa shape index (κ3) is 14.5. The summed E-state index contributed by atoms with van der Waals surface area (Å²) in [5.74, 6) is -1.31. The smallest absolute Gasteiger partial charge is 0.481 e. The lowest BCUT2D eigenvalue weighted by Crippen LogP contribution is -2.47. The van der Waals surface area contributed by atoms with Gasteiger partial charge in [0.05, 0.1) is 5.92 Å². The van der Waals surface area contributed by atoms with Gasteiger partial charge in [0.2, 0.25) is 0 Å². The summed E-state index contributed by atoms with van der Waals surface area (Å²) in [6.45, 7) is 17.2. The first-order chi connectivity index (χ1) is 17.3. The Bertz CT molecular complexity index is 480. The van der Waals surface area contributed by atoms with Gasteiger partial charge in [-0.2, -0.15) is 0 Å². The lowest BCUT2D eigenvalue weighted by molar-refractivity contribution is -0.143. The van der Waals surface area contributed by atoms with E-state index < -0.39 is 29.5 Å². The molecular formula is C24H53NO9Si2. The summed E-state index contributed by atoms with van der Waals surface area (Å²) in [5.41, 5.74) is 0. The van der Waals surface area contributed by atoms with Crippen LogP contribution in [0, 0.1) is 5.92 Å². The van der Waals surface area contributed by atoms with E-state index in [1.807, 2.05) is 41.5 Å². The zero-order valence-electron chi connectivity index (χ0n) is 23.8. The Balaban J connectivity index is 5.42. The fraction of sp³-hybridized carbons (Fsp3) is 0.958. The van der Waals surface area contributed by atoms with Crippen LogP contribution in [0.25, 0.3) is 0 Å². The minimum absolute atomic E-state index is 0.412. The minimum atomic E-state index is -2.75. The van der Waals surface area contributed by atoms with Gasteiger partial charge < -0.3 is 41.3 Å². The Morgan fingerprint density at radius 3 is 1.36 bits per heavy atom. The lowest BCUT2D eigenvalue weighted by Gasteiger charge is -2.31. The molecule has 0 saturated heterocycles. The van der Waals surface area contributed by atoms with Crippen molar-refractivity contribution in [3.63, 3.8) is 0 Å². The highest BCUT2D eigenvalue weighted by Gasteiger charge is 2.41. The molecule has 0 aliphatic heterocycles. The number of carboxylic acids is 1. The number of nitrogens with zero attached hydrogens (tertiary/aromatic N) is 1. The zero-order valence-corrected chi connectivity index (χ0v) is 25.8. The van der Waals surface area contributed by atoms with Crippen molar-refractivity contribution >= 4 is 23.6 Å². The number of rotatable bonds is 26. The second kappa shape index (κ2) is 21.5. The average molecular weight is 556 g/mol. The molecule has 0 amide bonds. The Morgan fingerprint density at radius 2 is 1.08 bits per heavy atom. The molecule has 1 atom stereocenters. The minimum Gasteiger partial charge on any atom is -0.481 e. The molecule has 0 rings (SSSR count). The monoisotopic (exact) mass is 555 g/mol. The molecule has 1 unspecified atom stereocenters. The normalized spacial score (nSPS) is 13.4. The second-order valence-electron chi connectivity index (χ2n) is 8.29. The van der Waals surface area contributed by atoms with Gasteiger partial charge >= 0.3 is 23.6 Å². The van der Waals surface area contributed by atoms with E-state index in [9.17, 15) is 9.90 Å². The van der Waals surface area contributed by atoms with Crippen molar-refractivity contribution in [2.45, 2.75) is 72.9 Å². The molecule has 0 saturated carbocycles. The Labute approximate surface area is 221 Å². The maximum atomic E-state index is 11.9. The molecule has 36 heavy (non-hydrogen) atoms. The van der Waals surface area contributed by atoms with Crippen LogP contribution in [0.4, 0.5) is 0 Å². The fourth-order valence-corrected chi connectivity index (χ4v) is 9.39. The summed E-state index contributed by atoms with van der Waals surface area (Å²) in [7, 11) is -3.92. The number of hydrogen-bond donors (Lipinski definition) is 1. The SMILES string of the molecule is CCO[Si](CCCN(CCC[Si](OCC)(OCC)OCC)CC(CCOC)C(=O)O)(OCC)OCC. The van der Waals surface area contributed by atoms with Gasteiger partial charge in [-0.05, 0) is 73.9 Å². The van der Waals surface area contributed by atoms with Gasteiger partial charge in [-0.15, -0.1) is 0 Å². The van der Waals surface area contributed by atoms with Crippen molar-refractivity contribution in [1.82, 2.24) is 4.90 Å². The number of aliphatic carboxylic acids is 1. The number of methoxy groups -OCH3 is 1. The van der Waals surface area contributed by atoms with Crippen molar-refractivity contribution in [3.8, 4) is 0 Å². The highest BCUT2D eigenvalue weighted by molar-refractivity contribution is 6.61. The van der Waals surface area contributed by atoms with E-state index in [1.165, 1.54) is 0 Å². The van der Waals surface area contributed by atoms with E-state index >= 15 is 0 Å². The highest BCUT2D eigenvalue weighted by atomic mass is 28.4. The molecule has 0 radical (unpaired) electrons.